The van der Waals surface area contributed by atoms with Crippen molar-refractivity contribution in [3.63, 3.8) is 0 Å². The summed E-state index contributed by atoms with van der Waals surface area (Å²) in [6.07, 6.45) is 22.0. The van der Waals surface area contributed by atoms with Gasteiger partial charge in [-0.25, -0.2) is 4.79 Å². The highest BCUT2D eigenvalue weighted by Gasteiger charge is 2.01. The van der Waals surface area contributed by atoms with Crippen LogP contribution in [0.5, 0.6) is 0 Å². The molecule has 0 spiro atoms. The first kappa shape index (κ1) is 22.0. The standard InChI is InChI=1S/C20H38O3/c1-2-3-4-5-6-7-8-9-10-11-12-13-14-15-16-17-18-19(21)20(22)23/h18,21H,2-17H2,1H3,(H,22,23). The smallest absolute Gasteiger partial charge is 0.370 e. The van der Waals surface area contributed by atoms with Crippen molar-refractivity contribution in [2.45, 2.75) is 110 Å². The van der Waals surface area contributed by atoms with Crippen molar-refractivity contribution in [2.24, 2.45) is 0 Å². The summed E-state index contributed by atoms with van der Waals surface area (Å²) in [7, 11) is 0. The number of hydrogen-bond acceptors (Lipinski definition) is 2. The van der Waals surface area contributed by atoms with Gasteiger partial charge in [0, 0.05) is 0 Å². The maximum atomic E-state index is 10.4. The molecule has 0 saturated carbocycles. The molecule has 0 aliphatic heterocycles. The number of carbonyl (C=O) groups is 1. The molecule has 23 heavy (non-hydrogen) atoms. The normalized spacial score (nSPS) is 11.8. The number of unbranched alkanes of at least 4 members (excludes halogenated alkanes) is 15. The predicted molar refractivity (Wildman–Crippen MR) is 97.9 cm³/mol. The third-order valence-electron chi connectivity index (χ3n) is 4.36. The van der Waals surface area contributed by atoms with Crippen LogP contribution >= 0.6 is 0 Å². The molecule has 0 saturated heterocycles. The second-order valence-electron chi connectivity index (χ2n) is 6.63. The summed E-state index contributed by atoms with van der Waals surface area (Å²) in [4.78, 5) is 10.4. The van der Waals surface area contributed by atoms with E-state index >= 15 is 0 Å². The van der Waals surface area contributed by atoms with E-state index in [1.54, 1.807) is 0 Å². The highest BCUT2D eigenvalue weighted by molar-refractivity contribution is 5.83. The van der Waals surface area contributed by atoms with Crippen LogP contribution in [-0.4, -0.2) is 16.2 Å². The summed E-state index contributed by atoms with van der Waals surface area (Å²) in [6, 6.07) is 0. The average Bonchev–Trinajstić information content (AvgIpc) is 2.54. The Morgan fingerprint density at radius 2 is 1.00 bits per heavy atom. The quantitative estimate of drug-likeness (QED) is 0.176. The van der Waals surface area contributed by atoms with Crippen molar-refractivity contribution in [2.75, 3.05) is 0 Å². The van der Waals surface area contributed by atoms with E-state index in [1.165, 1.54) is 89.5 Å². The molecule has 0 atom stereocenters. The van der Waals surface area contributed by atoms with Crippen molar-refractivity contribution in [1.82, 2.24) is 0 Å². The molecule has 0 radical (unpaired) electrons. The van der Waals surface area contributed by atoms with Gasteiger partial charge in [0.2, 0.25) is 0 Å². The third-order valence-corrected chi connectivity index (χ3v) is 4.36. The molecule has 0 aromatic heterocycles. The second kappa shape index (κ2) is 17.4. The van der Waals surface area contributed by atoms with Crippen molar-refractivity contribution in [3.8, 4) is 0 Å². The van der Waals surface area contributed by atoms with Crippen LogP contribution in [-0.2, 0) is 4.79 Å². The van der Waals surface area contributed by atoms with E-state index in [1.807, 2.05) is 0 Å². The number of aliphatic carboxylic acids is 1. The predicted octanol–water partition coefficient (Wildman–Crippen LogP) is 6.77. The molecule has 0 fully saturated rings. The van der Waals surface area contributed by atoms with Crippen molar-refractivity contribution in [1.29, 1.82) is 0 Å². The molecule has 0 amide bonds. The molecule has 0 rings (SSSR count). The Morgan fingerprint density at radius 3 is 1.35 bits per heavy atom. The Morgan fingerprint density at radius 1 is 0.652 bits per heavy atom. The molecular formula is C20H38O3. The average molecular weight is 327 g/mol. The third kappa shape index (κ3) is 17.2. The molecule has 0 aromatic rings. The minimum atomic E-state index is -1.23. The summed E-state index contributed by atoms with van der Waals surface area (Å²) in [5.74, 6) is -1.75. The lowest BCUT2D eigenvalue weighted by Crippen LogP contribution is -1.98. The molecule has 0 aliphatic rings. The molecule has 0 unspecified atom stereocenters. The van der Waals surface area contributed by atoms with Crippen molar-refractivity contribution >= 4 is 5.97 Å². The topological polar surface area (TPSA) is 57.5 Å². The molecule has 0 heterocycles. The largest absolute Gasteiger partial charge is 0.502 e. The fraction of sp³-hybridized carbons (Fsp3) is 0.850. The number of carboxylic acids is 1. The van der Waals surface area contributed by atoms with Gasteiger partial charge >= 0.3 is 5.97 Å². The maximum Gasteiger partial charge on any atom is 0.370 e. The Kier molecular flexibility index (Phi) is 16.6. The van der Waals surface area contributed by atoms with Crippen LogP contribution in [0, 0.1) is 0 Å². The van der Waals surface area contributed by atoms with Crippen LogP contribution in [0.25, 0.3) is 0 Å². The number of aliphatic hydroxyl groups excluding tert-OH is 1. The molecule has 136 valence electrons. The van der Waals surface area contributed by atoms with E-state index in [9.17, 15) is 4.79 Å². The summed E-state index contributed by atoms with van der Waals surface area (Å²) >= 11 is 0. The summed E-state index contributed by atoms with van der Waals surface area (Å²) in [6.45, 7) is 2.27. The minimum absolute atomic E-state index is 0.518. The lowest BCUT2D eigenvalue weighted by atomic mass is 10.0. The summed E-state index contributed by atoms with van der Waals surface area (Å²) in [5.41, 5.74) is 0. The zero-order valence-corrected chi connectivity index (χ0v) is 15.2. The summed E-state index contributed by atoms with van der Waals surface area (Å²) in [5, 5.41) is 17.5. The Labute approximate surface area is 143 Å². The molecular weight excluding hydrogens is 288 g/mol. The molecule has 0 bridgehead atoms. The molecule has 2 N–H and O–H groups in total. The molecule has 0 aliphatic carbocycles. The fourth-order valence-electron chi connectivity index (χ4n) is 2.84. The van der Waals surface area contributed by atoms with E-state index in [4.69, 9.17) is 10.2 Å². The SMILES string of the molecule is CCCCCCCCCCCCCCCCCC=C(O)C(=O)O. The highest BCUT2D eigenvalue weighted by atomic mass is 16.4. The monoisotopic (exact) mass is 326 g/mol. The number of rotatable bonds is 17. The van der Waals surface area contributed by atoms with E-state index < -0.39 is 11.7 Å². The first-order chi connectivity index (χ1) is 11.2. The van der Waals surface area contributed by atoms with E-state index in [0.29, 0.717) is 6.42 Å². The van der Waals surface area contributed by atoms with Gasteiger partial charge < -0.3 is 10.2 Å². The van der Waals surface area contributed by atoms with Crippen LogP contribution in [0.3, 0.4) is 0 Å². The van der Waals surface area contributed by atoms with Crippen LogP contribution in [0.15, 0.2) is 11.8 Å². The number of allylic oxidation sites excluding steroid dienone is 1. The second-order valence-corrected chi connectivity index (χ2v) is 6.63. The number of hydrogen-bond donors (Lipinski definition) is 2. The van der Waals surface area contributed by atoms with E-state index in [-0.39, 0.29) is 0 Å². The van der Waals surface area contributed by atoms with E-state index in [0.717, 1.165) is 12.8 Å². The lowest BCUT2D eigenvalue weighted by Gasteiger charge is -2.03. The van der Waals surface area contributed by atoms with Gasteiger partial charge in [-0.05, 0) is 18.9 Å². The minimum Gasteiger partial charge on any atom is -0.502 e. The van der Waals surface area contributed by atoms with E-state index in [2.05, 4.69) is 6.92 Å². The van der Waals surface area contributed by atoms with Crippen LogP contribution < -0.4 is 0 Å². The van der Waals surface area contributed by atoms with Crippen LogP contribution in [0.4, 0.5) is 0 Å². The number of carboxylic acid groups (broad SMARTS) is 1. The Hall–Kier alpha value is -0.990. The fourth-order valence-corrected chi connectivity index (χ4v) is 2.84. The van der Waals surface area contributed by atoms with Gasteiger partial charge in [0.25, 0.3) is 0 Å². The van der Waals surface area contributed by atoms with Crippen molar-refractivity contribution < 1.29 is 15.0 Å². The van der Waals surface area contributed by atoms with Gasteiger partial charge in [0.1, 0.15) is 0 Å². The first-order valence-corrected chi connectivity index (χ1v) is 9.81. The van der Waals surface area contributed by atoms with Gasteiger partial charge in [0.15, 0.2) is 5.76 Å². The van der Waals surface area contributed by atoms with Crippen molar-refractivity contribution in [3.05, 3.63) is 11.8 Å². The van der Waals surface area contributed by atoms with Crippen LogP contribution in [0.1, 0.15) is 110 Å². The van der Waals surface area contributed by atoms with Gasteiger partial charge in [-0.3, -0.25) is 0 Å². The van der Waals surface area contributed by atoms with Gasteiger partial charge in [-0.2, -0.15) is 0 Å². The molecule has 0 aromatic carbocycles. The zero-order valence-electron chi connectivity index (χ0n) is 15.2. The van der Waals surface area contributed by atoms with Crippen LogP contribution in [0.2, 0.25) is 0 Å². The lowest BCUT2D eigenvalue weighted by molar-refractivity contribution is -0.135. The first-order valence-electron chi connectivity index (χ1n) is 9.81. The van der Waals surface area contributed by atoms with Gasteiger partial charge in [-0.15, -0.1) is 0 Å². The number of aliphatic hydroxyl groups is 1. The Bertz CT molecular complexity index is 297. The molecule has 3 heteroatoms. The molecule has 3 nitrogen and oxygen atoms in total. The maximum absolute atomic E-state index is 10.4. The zero-order chi connectivity index (χ0) is 17.2. The Balaban J connectivity index is 3.11. The van der Waals surface area contributed by atoms with Gasteiger partial charge in [0.05, 0.1) is 0 Å². The summed E-state index contributed by atoms with van der Waals surface area (Å²) < 4.78 is 0. The van der Waals surface area contributed by atoms with Gasteiger partial charge in [-0.1, -0.05) is 96.8 Å². The highest BCUT2D eigenvalue weighted by Crippen LogP contribution is 2.13.